The molecule has 2 aromatic carbocycles. The average molecular weight is 397 g/mol. The molecule has 0 aromatic heterocycles. The topological polar surface area (TPSA) is 58.6 Å². The predicted molar refractivity (Wildman–Crippen MR) is 116 cm³/mol. The van der Waals surface area contributed by atoms with E-state index in [-0.39, 0.29) is 24.3 Å². The van der Waals surface area contributed by atoms with Gasteiger partial charge in [-0.3, -0.25) is 9.59 Å². The fraction of sp³-hybridized carbons (Fsp3) is 0.417. The van der Waals surface area contributed by atoms with Crippen LogP contribution in [-0.4, -0.2) is 35.9 Å². The number of carbonyl (C=O) groups excluding carboxylic acids is 2. The largest absolute Gasteiger partial charge is 0.497 e. The number of nitrogens with zero attached hydrogens (tertiary/aromatic N) is 1. The van der Waals surface area contributed by atoms with Gasteiger partial charge in [0.25, 0.3) is 0 Å². The first kappa shape index (κ1) is 22.5. The van der Waals surface area contributed by atoms with Crippen LogP contribution in [0.25, 0.3) is 0 Å². The highest BCUT2D eigenvalue weighted by molar-refractivity contribution is 5.88. The Morgan fingerprint density at radius 3 is 2.24 bits per heavy atom. The normalized spacial score (nSPS) is 11.8. The van der Waals surface area contributed by atoms with Gasteiger partial charge in [-0.25, -0.2) is 0 Å². The summed E-state index contributed by atoms with van der Waals surface area (Å²) in [5.74, 6) is 0.490. The summed E-state index contributed by atoms with van der Waals surface area (Å²) in [4.78, 5) is 27.5. The highest BCUT2D eigenvalue weighted by Gasteiger charge is 2.26. The van der Waals surface area contributed by atoms with Gasteiger partial charge in [-0.05, 0) is 57.9 Å². The summed E-state index contributed by atoms with van der Waals surface area (Å²) >= 11 is 0. The molecule has 1 atom stereocenters. The van der Waals surface area contributed by atoms with Crippen molar-refractivity contribution < 1.29 is 14.3 Å². The molecule has 5 nitrogen and oxygen atoms in total. The lowest BCUT2D eigenvalue weighted by Gasteiger charge is -2.29. The maximum absolute atomic E-state index is 13.2. The van der Waals surface area contributed by atoms with Crippen molar-refractivity contribution in [3.63, 3.8) is 0 Å². The number of carbonyl (C=O) groups is 2. The number of benzene rings is 2. The molecule has 0 heterocycles. The Balaban J connectivity index is 2.28. The van der Waals surface area contributed by atoms with E-state index in [0.29, 0.717) is 6.54 Å². The maximum atomic E-state index is 13.2. The zero-order chi connectivity index (χ0) is 21.6. The first-order valence-electron chi connectivity index (χ1n) is 9.99. The molecule has 0 fully saturated rings. The lowest BCUT2D eigenvalue weighted by Crippen LogP contribution is -2.49. The Morgan fingerprint density at radius 1 is 1.00 bits per heavy atom. The van der Waals surface area contributed by atoms with E-state index >= 15 is 0 Å². The number of nitrogens with one attached hydrogen (secondary N) is 1. The number of amides is 2. The van der Waals surface area contributed by atoms with Gasteiger partial charge in [0.2, 0.25) is 11.8 Å². The Hall–Kier alpha value is -2.82. The summed E-state index contributed by atoms with van der Waals surface area (Å²) in [5.41, 5.74) is 4.12. The molecule has 29 heavy (non-hydrogen) atoms. The van der Waals surface area contributed by atoms with E-state index in [2.05, 4.69) is 11.4 Å². The van der Waals surface area contributed by atoms with Crippen molar-refractivity contribution in [1.82, 2.24) is 10.2 Å². The molecule has 156 valence electrons. The van der Waals surface area contributed by atoms with Gasteiger partial charge in [0.05, 0.1) is 13.5 Å². The van der Waals surface area contributed by atoms with Crippen LogP contribution >= 0.6 is 0 Å². The van der Waals surface area contributed by atoms with Crippen LogP contribution in [0.1, 0.15) is 43.0 Å². The summed E-state index contributed by atoms with van der Waals surface area (Å²) in [7, 11) is 1.61. The van der Waals surface area contributed by atoms with Crippen molar-refractivity contribution in [2.45, 2.75) is 59.7 Å². The zero-order valence-electron chi connectivity index (χ0n) is 18.3. The van der Waals surface area contributed by atoms with Crippen molar-refractivity contribution in [2.24, 2.45) is 0 Å². The number of hydrogen-bond donors (Lipinski definition) is 1. The molecule has 2 aromatic rings. The number of aryl methyl sites for hydroxylation is 2. The molecule has 0 aliphatic carbocycles. The molecular weight excluding hydrogens is 364 g/mol. The minimum absolute atomic E-state index is 0.0122. The smallest absolute Gasteiger partial charge is 0.242 e. The molecule has 2 amide bonds. The first-order valence-corrected chi connectivity index (χ1v) is 9.99. The minimum atomic E-state index is -0.581. The Bertz CT molecular complexity index is 841. The van der Waals surface area contributed by atoms with Crippen LogP contribution in [0, 0.1) is 13.8 Å². The van der Waals surface area contributed by atoms with E-state index in [1.165, 1.54) is 0 Å². The second-order valence-corrected chi connectivity index (χ2v) is 7.89. The van der Waals surface area contributed by atoms with E-state index in [0.717, 1.165) is 28.0 Å². The molecule has 1 unspecified atom stereocenters. The van der Waals surface area contributed by atoms with Crippen LogP contribution in [0.2, 0.25) is 0 Å². The monoisotopic (exact) mass is 396 g/mol. The lowest BCUT2D eigenvalue weighted by atomic mass is 10.0. The van der Waals surface area contributed by atoms with Crippen LogP contribution < -0.4 is 10.1 Å². The van der Waals surface area contributed by atoms with Crippen molar-refractivity contribution in [3.05, 3.63) is 64.7 Å². The number of rotatable bonds is 8. The fourth-order valence-corrected chi connectivity index (χ4v) is 3.40. The van der Waals surface area contributed by atoms with Crippen molar-refractivity contribution >= 4 is 11.8 Å². The van der Waals surface area contributed by atoms with Gasteiger partial charge < -0.3 is 15.0 Å². The third-order valence-corrected chi connectivity index (χ3v) is 4.72. The lowest BCUT2D eigenvalue weighted by molar-refractivity contribution is -0.140. The quantitative estimate of drug-likeness (QED) is 0.738. The zero-order valence-corrected chi connectivity index (χ0v) is 18.3. The van der Waals surface area contributed by atoms with Crippen LogP contribution in [0.4, 0.5) is 0 Å². The molecule has 1 N–H and O–H groups in total. The van der Waals surface area contributed by atoms with E-state index in [1.807, 2.05) is 64.1 Å². The molecular formula is C24H32N2O3. The predicted octanol–water partition coefficient (Wildman–Crippen LogP) is 3.80. The van der Waals surface area contributed by atoms with Gasteiger partial charge >= 0.3 is 0 Å². The molecule has 0 aliphatic rings. The summed E-state index contributed by atoms with van der Waals surface area (Å²) < 4.78 is 5.30. The van der Waals surface area contributed by atoms with Crippen LogP contribution in [0.3, 0.4) is 0 Å². The third kappa shape index (κ3) is 6.63. The summed E-state index contributed by atoms with van der Waals surface area (Å²) in [6, 6.07) is 13.1. The van der Waals surface area contributed by atoms with Crippen molar-refractivity contribution in [2.75, 3.05) is 7.11 Å². The van der Waals surface area contributed by atoms with Crippen molar-refractivity contribution in [1.29, 1.82) is 0 Å². The standard InChI is InChI=1S/C24H32N2O3/c1-16(2)25-24(28)19(5)26(15-20-8-7-9-22(13-20)29-6)23(27)14-21-11-17(3)10-18(4)12-21/h7-13,16,19H,14-15H2,1-6H3,(H,25,28). The van der Waals surface area contributed by atoms with Gasteiger partial charge in [-0.1, -0.05) is 41.5 Å². The molecule has 0 spiro atoms. The molecule has 0 aliphatic heterocycles. The third-order valence-electron chi connectivity index (χ3n) is 4.72. The molecule has 5 heteroatoms. The van der Waals surface area contributed by atoms with Gasteiger partial charge in [0.1, 0.15) is 11.8 Å². The fourth-order valence-electron chi connectivity index (χ4n) is 3.40. The van der Waals surface area contributed by atoms with Gasteiger partial charge in [0, 0.05) is 12.6 Å². The van der Waals surface area contributed by atoms with Crippen LogP contribution in [0.15, 0.2) is 42.5 Å². The molecule has 0 bridgehead atoms. The Kier molecular flexibility index (Phi) is 7.82. The summed E-state index contributed by atoms with van der Waals surface area (Å²) in [6.07, 6.45) is 0.256. The average Bonchev–Trinajstić information content (AvgIpc) is 2.64. The number of methoxy groups -OCH3 is 1. The highest BCUT2D eigenvalue weighted by Crippen LogP contribution is 2.18. The van der Waals surface area contributed by atoms with Crippen LogP contribution in [-0.2, 0) is 22.6 Å². The SMILES string of the molecule is COc1cccc(CN(C(=O)Cc2cc(C)cc(C)c2)C(C)C(=O)NC(C)C)c1. The van der Waals surface area contributed by atoms with E-state index in [9.17, 15) is 9.59 Å². The van der Waals surface area contributed by atoms with Crippen LogP contribution in [0.5, 0.6) is 5.75 Å². The van der Waals surface area contributed by atoms with Gasteiger partial charge in [-0.15, -0.1) is 0 Å². The molecule has 0 saturated heterocycles. The van der Waals surface area contributed by atoms with E-state index in [4.69, 9.17) is 4.74 Å². The minimum Gasteiger partial charge on any atom is -0.497 e. The number of hydrogen-bond acceptors (Lipinski definition) is 3. The summed E-state index contributed by atoms with van der Waals surface area (Å²) in [5, 5.41) is 2.91. The molecule has 0 saturated carbocycles. The Morgan fingerprint density at radius 2 is 1.66 bits per heavy atom. The maximum Gasteiger partial charge on any atom is 0.242 e. The second-order valence-electron chi connectivity index (χ2n) is 7.89. The molecule has 0 radical (unpaired) electrons. The number of ether oxygens (including phenoxy) is 1. The van der Waals surface area contributed by atoms with Gasteiger partial charge in [-0.2, -0.15) is 0 Å². The van der Waals surface area contributed by atoms with E-state index < -0.39 is 6.04 Å². The Labute approximate surface area is 174 Å². The molecule has 2 rings (SSSR count). The summed E-state index contributed by atoms with van der Waals surface area (Å²) in [6.45, 7) is 9.98. The van der Waals surface area contributed by atoms with E-state index in [1.54, 1.807) is 18.9 Å². The van der Waals surface area contributed by atoms with Gasteiger partial charge in [0.15, 0.2) is 0 Å². The van der Waals surface area contributed by atoms with Crippen molar-refractivity contribution in [3.8, 4) is 5.75 Å². The second kappa shape index (κ2) is 10.1. The highest BCUT2D eigenvalue weighted by atomic mass is 16.5. The first-order chi connectivity index (χ1) is 13.7.